The molecule has 0 spiro atoms. The van der Waals surface area contributed by atoms with Crippen LogP contribution in [0.1, 0.15) is 39.5 Å². The first kappa shape index (κ1) is 27.4. The Kier molecular flexibility index (Phi) is 25.6. The molecular weight excluding hydrogens is 344 g/mol. The summed E-state index contributed by atoms with van der Waals surface area (Å²) in [7, 11) is 0. The van der Waals surface area contributed by atoms with Gasteiger partial charge in [0.25, 0.3) is 0 Å². The Labute approximate surface area is 148 Å². The van der Waals surface area contributed by atoms with Crippen molar-refractivity contribution in [1.82, 2.24) is 0 Å². The largest absolute Gasteiger partial charge is 0.481 e. The van der Waals surface area contributed by atoms with Crippen molar-refractivity contribution < 1.29 is 34.8 Å². The lowest BCUT2D eigenvalue weighted by atomic mass is 10.2. The van der Waals surface area contributed by atoms with Gasteiger partial charge in [-0.15, -0.1) is 0 Å². The quantitative estimate of drug-likeness (QED) is 0.252. The Balaban J connectivity index is -0.000000262. The van der Waals surface area contributed by atoms with Gasteiger partial charge in [0.1, 0.15) is 0 Å². The van der Waals surface area contributed by atoms with E-state index in [0.717, 1.165) is 0 Å². The van der Waals surface area contributed by atoms with E-state index in [2.05, 4.69) is 30.0 Å². The molecule has 0 rings (SSSR count). The summed E-state index contributed by atoms with van der Waals surface area (Å²) in [6, 6.07) is 0. The molecule has 0 fully saturated rings. The van der Waals surface area contributed by atoms with Crippen LogP contribution in [0.4, 0.5) is 0 Å². The minimum Gasteiger partial charge on any atom is -0.481 e. The SMILES string of the molecule is CC(S)CCC(=O)O.CC(S)CCC(=O)O.OCCOCCO. The van der Waals surface area contributed by atoms with Crippen LogP contribution in [0.3, 0.4) is 0 Å². The second kappa shape index (κ2) is 21.5. The summed E-state index contributed by atoms with van der Waals surface area (Å²) in [5, 5.41) is 32.8. The van der Waals surface area contributed by atoms with Crippen LogP contribution in [-0.2, 0) is 14.3 Å². The highest BCUT2D eigenvalue weighted by Crippen LogP contribution is 2.02. The Hall–Kier alpha value is -0.480. The van der Waals surface area contributed by atoms with Crippen molar-refractivity contribution in [1.29, 1.82) is 0 Å². The molecule has 140 valence electrons. The molecule has 0 aliphatic rings. The number of rotatable bonds is 10. The fourth-order valence-electron chi connectivity index (χ4n) is 0.896. The van der Waals surface area contributed by atoms with Gasteiger partial charge in [0, 0.05) is 12.8 Å². The summed E-state index contributed by atoms with van der Waals surface area (Å²) in [5.74, 6) is -1.49. The molecule has 2 unspecified atom stereocenters. The highest BCUT2D eigenvalue weighted by Gasteiger charge is 1.99. The third-order valence-corrected chi connectivity index (χ3v) is 2.54. The minimum absolute atomic E-state index is 0.0278. The normalized spacial score (nSPS) is 12.1. The molecule has 4 N–H and O–H groups in total. The molecule has 0 aromatic carbocycles. The molecule has 0 aliphatic carbocycles. The molecule has 23 heavy (non-hydrogen) atoms. The van der Waals surface area contributed by atoms with E-state index in [-0.39, 0.29) is 36.6 Å². The lowest BCUT2D eigenvalue weighted by Gasteiger charge is -1.96. The van der Waals surface area contributed by atoms with Crippen LogP contribution in [0.5, 0.6) is 0 Å². The number of aliphatic hydroxyl groups is 2. The molecule has 2 atom stereocenters. The second-order valence-electron chi connectivity index (χ2n) is 4.62. The smallest absolute Gasteiger partial charge is 0.303 e. The molecule has 0 saturated carbocycles. The van der Waals surface area contributed by atoms with E-state index in [9.17, 15) is 9.59 Å². The summed E-state index contributed by atoms with van der Waals surface area (Å²) >= 11 is 8.02. The van der Waals surface area contributed by atoms with Crippen LogP contribution in [0.25, 0.3) is 0 Å². The Bertz CT molecular complexity index is 248. The van der Waals surface area contributed by atoms with E-state index in [0.29, 0.717) is 26.1 Å². The van der Waals surface area contributed by atoms with Crippen LogP contribution < -0.4 is 0 Å². The van der Waals surface area contributed by atoms with Crippen molar-refractivity contribution in [3.05, 3.63) is 0 Å². The van der Waals surface area contributed by atoms with Crippen LogP contribution in [0.15, 0.2) is 0 Å². The number of ether oxygens (including phenoxy) is 1. The number of carboxylic acid groups (broad SMARTS) is 2. The zero-order valence-electron chi connectivity index (χ0n) is 13.7. The predicted octanol–water partition coefficient (Wildman–Crippen LogP) is 1.33. The van der Waals surface area contributed by atoms with Gasteiger partial charge < -0.3 is 25.2 Å². The zero-order chi connectivity index (χ0) is 18.7. The Morgan fingerprint density at radius 3 is 1.30 bits per heavy atom. The first-order valence-electron chi connectivity index (χ1n) is 7.26. The molecule has 0 aromatic rings. The lowest BCUT2D eigenvalue weighted by molar-refractivity contribution is -0.138. The van der Waals surface area contributed by atoms with Gasteiger partial charge in [-0.2, -0.15) is 25.3 Å². The molecule has 0 amide bonds. The number of carboxylic acids is 2. The number of aliphatic carboxylic acids is 2. The van der Waals surface area contributed by atoms with E-state index in [4.69, 9.17) is 20.4 Å². The number of hydrogen-bond donors (Lipinski definition) is 6. The summed E-state index contributed by atoms with van der Waals surface area (Å²) in [5.41, 5.74) is 0. The molecule has 0 saturated heterocycles. The average molecular weight is 375 g/mol. The maximum absolute atomic E-state index is 9.87. The number of aliphatic hydroxyl groups excluding tert-OH is 2. The monoisotopic (exact) mass is 374 g/mol. The van der Waals surface area contributed by atoms with E-state index < -0.39 is 11.9 Å². The average Bonchev–Trinajstić information content (AvgIpc) is 2.45. The zero-order valence-corrected chi connectivity index (χ0v) is 15.5. The summed E-state index contributed by atoms with van der Waals surface area (Å²) < 4.78 is 4.63. The van der Waals surface area contributed by atoms with Gasteiger partial charge in [-0.05, 0) is 23.3 Å². The first-order chi connectivity index (χ1) is 10.7. The van der Waals surface area contributed by atoms with Crippen LogP contribution in [0.2, 0.25) is 0 Å². The van der Waals surface area contributed by atoms with Gasteiger partial charge in [0.05, 0.1) is 26.4 Å². The molecule has 0 aromatic heterocycles. The maximum Gasteiger partial charge on any atom is 0.303 e. The van der Waals surface area contributed by atoms with Gasteiger partial charge in [-0.1, -0.05) is 13.8 Å². The lowest BCUT2D eigenvalue weighted by Crippen LogP contribution is -2.03. The van der Waals surface area contributed by atoms with Crippen molar-refractivity contribution in [3.63, 3.8) is 0 Å². The molecule has 0 heterocycles. The number of carbonyl (C=O) groups is 2. The minimum atomic E-state index is -0.745. The van der Waals surface area contributed by atoms with E-state index >= 15 is 0 Å². The topological polar surface area (TPSA) is 124 Å². The van der Waals surface area contributed by atoms with Crippen molar-refractivity contribution in [2.24, 2.45) is 0 Å². The van der Waals surface area contributed by atoms with Gasteiger partial charge in [-0.3, -0.25) is 9.59 Å². The van der Waals surface area contributed by atoms with Gasteiger partial charge >= 0.3 is 11.9 Å². The Morgan fingerprint density at radius 2 is 1.17 bits per heavy atom. The summed E-state index contributed by atoms with van der Waals surface area (Å²) in [4.78, 5) is 19.7. The maximum atomic E-state index is 9.87. The molecule has 0 aliphatic heterocycles. The second-order valence-corrected chi connectivity index (χ2v) is 6.39. The molecule has 0 bridgehead atoms. The van der Waals surface area contributed by atoms with Crippen molar-refractivity contribution in [3.8, 4) is 0 Å². The predicted molar refractivity (Wildman–Crippen MR) is 95.6 cm³/mol. The summed E-state index contributed by atoms with van der Waals surface area (Å²) in [6.45, 7) is 4.46. The van der Waals surface area contributed by atoms with Crippen molar-refractivity contribution in [2.45, 2.75) is 50.0 Å². The van der Waals surface area contributed by atoms with E-state index in [1.165, 1.54) is 0 Å². The molecule has 0 radical (unpaired) electrons. The van der Waals surface area contributed by atoms with Crippen molar-refractivity contribution >= 4 is 37.2 Å². The van der Waals surface area contributed by atoms with Gasteiger partial charge in [-0.25, -0.2) is 0 Å². The first-order valence-corrected chi connectivity index (χ1v) is 8.29. The fourth-order valence-corrected chi connectivity index (χ4v) is 1.15. The molecule has 9 heteroatoms. The highest BCUT2D eigenvalue weighted by atomic mass is 32.1. The summed E-state index contributed by atoms with van der Waals surface area (Å²) in [6.07, 6.45) is 1.76. The van der Waals surface area contributed by atoms with Crippen LogP contribution in [-0.4, -0.2) is 69.3 Å². The third kappa shape index (κ3) is 44.9. The van der Waals surface area contributed by atoms with Crippen molar-refractivity contribution in [2.75, 3.05) is 26.4 Å². The standard InChI is InChI=1S/2C5H10O2S.C4H10O3/c2*1-4(8)2-3-5(6)7;5-1-3-7-4-2-6/h2*4,8H,2-3H2,1H3,(H,6,7);5-6H,1-4H2. The fraction of sp³-hybridized carbons (Fsp3) is 0.857. The van der Waals surface area contributed by atoms with E-state index in [1.807, 2.05) is 13.8 Å². The van der Waals surface area contributed by atoms with Crippen LogP contribution in [0, 0.1) is 0 Å². The number of thiol groups is 2. The van der Waals surface area contributed by atoms with Gasteiger partial charge in [0.2, 0.25) is 0 Å². The van der Waals surface area contributed by atoms with Gasteiger partial charge in [0.15, 0.2) is 0 Å². The van der Waals surface area contributed by atoms with Crippen LogP contribution >= 0.6 is 25.3 Å². The third-order valence-electron chi connectivity index (χ3n) is 2.02. The van der Waals surface area contributed by atoms with E-state index in [1.54, 1.807) is 0 Å². The Morgan fingerprint density at radius 1 is 0.870 bits per heavy atom. The highest BCUT2D eigenvalue weighted by molar-refractivity contribution is 7.81. The molecule has 7 nitrogen and oxygen atoms in total. The number of hydrogen-bond acceptors (Lipinski definition) is 7. The molecular formula is C14H30O7S2.